The number of rotatable bonds is 10. The number of hydrogen-bond donors (Lipinski definition) is 2. The number of aromatic nitrogens is 4. The van der Waals surface area contributed by atoms with E-state index in [9.17, 15) is 13.2 Å². The van der Waals surface area contributed by atoms with Gasteiger partial charge in [0.05, 0.1) is 42.0 Å². The zero-order valence-corrected chi connectivity index (χ0v) is 21.6. The van der Waals surface area contributed by atoms with Gasteiger partial charge in [0.25, 0.3) is 5.91 Å². The largest absolute Gasteiger partial charge is 0.494 e. The lowest BCUT2D eigenvalue weighted by atomic mass is 10.1. The second-order valence-corrected chi connectivity index (χ2v) is 10.4. The van der Waals surface area contributed by atoms with Crippen LogP contribution in [0.2, 0.25) is 5.02 Å². The number of carbonyl (C=O) groups is 1. The summed E-state index contributed by atoms with van der Waals surface area (Å²) >= 11 is 5.92. The first-order chi connectivity index (χ1) is 17.7. The molecular weight excluding hydrogens is 524 g/mol. The number of carbonyl (C=O) groups excluding carboxylic acids is 1. The fourth-order valence-corrected chi connectivity index (χ4v) is 4.76. The number of ether oxygens (including phenoxy) is 2. The average Bonchev–Trinajstić information content (AvgIpc) is 3.54. The molecule has 0 saturated heterocycles. The van der Waals surface area contributed by atoms with E-state index in [4.69, 9.17) is 31.2 Å². The number of nitrogens with zero attached hydrogens (tertiary/aromatic N) is 4. The van der Waals surface area contributed by atoms with E-state index in [-0.39, 0.29) is 34.5 Å². The van der Waals surface area contributed by atoms with Crippen molar-refractivity contribution in [3.63, 3.8) is 0 Å². The maximum atomic E-state index is 13.4. The molecule has 0 spiro atoms. The zero-order valence-electron chi connectivity index (χ0n) is 20.0. The molecule has 3 aromatic heterocycles. The van der Waals surface area contributed by atoms with Crippen LogP contribution in [0.1, 0.15) is 23.0 Å². The smallest absolute Gasteiger partial charge is 0.250 e. The predicted octanol–water partition coefficient (Wildman–Crippen LogP) is 3.06. The van der Waals surface area contributed by atoms with Gasteiger partial charge in [0, 0.05) is 12.6 Å². The number of primary amides is 1. The molecule has 3 heterocycles. The fourth-order valence-electron chi connectivity index (χ4n) is 3.63. The molecule has 0 aliphatic heterocycles. The van der Waals surface area contributed by atoms with Crippen molar-refractivity contribution < 1.29 is 27.1 Å². The van der Waals surface area contributed by atoms with Crippen LogP contribution in [0.25, 0.3) is 17.3 Å². The first-order valence-corrected chi connectivity index (χ1v) is 12.7. The van der Waals surface area contributed by atoms with Crippen LogP contribution in [0, 0.1) is 0 Å². The molecule has 0 unspecified atom stereocenters. The van der Waals surface area contributed by atoms with Gasteiger partial charge < -0.3 is 19.6 Å². The summed E-state index contributed by atoms with van der Waals surface area (Å²) in [4.78, 5) is 15.9. The number of pyridine rings is 1. The van der Waals surface area contributed by atoms with E-state index >= 15 is 0 Å². The highest BCUT2D eigenvalue weighted by atomic mass is 35.5. The molecule has 0 aliphatic carbocycles. The van der Waals surface area contributed by atoms with Crippen molar-refractivity contribution in [3.8, 4) is 28.8 Å². The maximum Gasteiger partial charge on any atom is 0.250 e. The summed E-state index contributed by atoms with van der Waals surface area (Å²) in [5, 5.41) is 7.37. The van der Waals surface area contributed by atoms with Crippen LogP contribution in [-0.4, -0.2) is 53.5 Å². The van der Waals surface area contributed by atoms with Crippen LogP contribution in [-0.2, 0) is 16.4 Å². The summed E-state index contributed by atoms with van der Waals surface area (Å²) in [6, 6.07) is 9.75. The monoisotopic (exact) mass is 546 g/mol. The lowest BCUT2D eigenvalue weighted by Gasteiger charge is -2.19. The molecule has 4 rings (SSSR count). The number of nitrogens with one attached hydrogen (secondary N) is 1. The Balaban J connectivity index is 1.77. The second kappa shape index (κ2) is 10.5. The van der Waals surface area contributed by atoms with Gasteiger partial charge in [0.15, 0.2) is 5.76 Å². The van der Waals surface area contributed by atoms with Crippen molar-refractivity contribution >= 4 is 33.5 Å². The first-order valence-electron chi connectivity index (χ1n) is 10.8. The number of benzene rings is 1. The van der Waals surface area contributed by atoms with Gasteiger partial charge in [0.1, 0.15) is 17.2 Å². The SMILES string of the molecule is COc1cccc(OC)c1-n1c(NS(=O)(=O)[C@H](C)Cc2ncc(Cl)cc2C(N)=O)nnc1-c1ccco1. The Morgan fingerprint density at radius 2 is 1.89 bits per heavy atom. The Labute approximate surface area is 217 Å². The number of halogens is 1. The lowest BCUT2D eigenvalue weighted by Crippen LogP contribution is -2.30. The molecular formula is C23H23ClN6O6S. The molecule has 194 valence electrons. The highest BCUT2D eigenvalue weighted by molar-refractivity contribution is 7.93. The summed E-state index contributed by atoms with van der Waals surface area (Å²) < 4.78 is 47.2. The number of nitrogens with two attached hydrogens (primary N) is 1. The van der Waals surface area contributed by atoms with Gasteiger partial charge in [-0.2, -0.15) is 0 Å². The molecule has 0 aliphatic rings. The van der Waals surface area contributed by atoms with Crippen LogP contribution in [0.3, 0.4) is 0 Å². The quantitative estimate of drug-likeness (QED) is 0.304. The molecule has 0 radical (unpaired) electrons. The van der Waals surface area contributed by atoms with Gasteiger partial charge in [-0.3, -0.25) is 19.1 Å². The van der Waals surface area contributed by atoms with Gasteiger partial charge in [-0.1, -0.05) is 17.7 Å². The molecule has 1 atom stereocenters. The van der Waals surface area contributed by atoms with E-state index in [0.717, 1.165) is 0 Å². The highest BCUT2D eigenvalue weighted by Crippen LogP contribution is 2.38. The minimum absolute atomic E-state index is 0.0385. The molecule has 1 aromatic carbocycles. The third-order valence-corrected chi connectivity index (χ3v) is 7.38. The number of amides is 1. The summed E-state index contributed by atoms with van der Waals surface area (Å²) in [5.74, 6) is 0.367. The Morgan fingerprint density at radius 3 is 2.49 bits per heavy atom. The molecule has 3 N–H and O–H groups in total. The number of hydrogen-bond acceptors (Lipinski definition) is 9. The lowest BCUT2D eigenvalue weighted by molar-refractivity contribution is 0.0999. The summed E-state index contributed by atoms with van der Waals surface area (Å²) in [7, 11) is -1.16. The van der Waals surface area contributed by atoms with Gasteiger partial charge in [-0.25, -0.2) is 8.42 Å². The fraction of sp³-hybridized carbons (Fsp3) is 0.217. The molecule has 0 bridgehead atoms. The van der Waals surface area contributed by atoms with E-state index in [1.54, 1.807) is 30.3 Å². The Bertz CT molecular complexity index is 1520. The minimum Gasteiger partial charge on any atom is -0.494 e. The number of para-hydroxylation sites is 1. The second-order valence-electron chi connectivity index (χ2n) is 7.84. The number of furan rings is 1. The van der Waals surface area contributed by atoms with E-state index in [1.807, 2.05) is 0 Å². The number of sulfonamides is 1. The van der Waals surface area contributed by atoms with Crippen LogP contribution in [0.5, 0.6) is 11.5 Å². The average molecular weight is 547 g/mol. The molecule has 12 nitrogen and oxygen atoms in total. The van der Waals surface area contributed by atoms with E-state index in [0.29, 0.717) is 22.9 Å². The highest BCUT2D eigenvalue weighted by Gasteiger charge is 2.29. The van der Waals surface area contributed by atoms with Gasteiger partial charge in [0.2, 0.25) is 21.8 Å². The summed E-state index contributed by atoms with van der Waals surface area (Å²) in [6.07, 6.45) is 2.65. The molecule has 0 saturated carbocycles. The summed E-state index contributed by atoms with van der Waals surface area (Å²) in [6.45, 7) is 1.46. The van der Waals surface area contributed by atoms with Crippen molar-refractivity contribution in [2.45, 2.75) is 18.6 Å². The van der Waals surface area contributed by atoms with Crippen molar-refractivity contribution in [1.29, 1.82) is 0 Å². The van der Waals surface area contributed by atoms with Gasteiger partial charge in [-0.15, -0.1) is 10.2 Å². The van der Waals surface area contributed by atoms with Crippen molar-refractivity contribution in [3.05, 3.63) is 65.1 Å². The van der Waals surface area contributed by atoms with E-state index < -0.39 is 21.2 Å². The van der Waals surface area contributed by atoms with Crippen molar-refractivity contribution in [2.75, 3.05) is 18.9 Å². The van der Waals surface area contributed by atoms with Gasteiger partial charge >= 0.3 is 0 Å². The van der Waals surface area contributed by atoms with Crippen LogP contribution >= 0.6 is 11.6 Å². The van der Waals surface area contributed by atoms with Crippen LogP contribution in [0.4, 0.5) is 5.95 Å². The van der Waals surface area contributed by atoms with Gasteiger partial charge in [-0.05, 0) is 37.3 Å². The molecule has 4 aromatic rings. The Kier molecular flexibility index (Phi) is 7.36. The number of methoxy groups -OCH3 is 2. The van der Waals surface area contributed by atoms with E-state index in [1.165, 1.54) is 44.2 Å². The number of anilines is 1. The van der Waals surface area contributed by atoms with Crippen LogP contribution in [0.15, 0.2) is 53.3 Å². The molecule has 37 heavy (non-hydrogen) atoms. The first kappa shape index (κ1) is 26.0. The van der Waals surface area contributed by atoms with E-state index in [2.05, 4.69) is 19.9 Å². The predicted molar refractivity (Wildman–Crippen MR) is 136 cm³/mol. The summed E-state index contributed by atoms with van der Waals surface area (Å²) in [5.41, 5.74) is 6.01. The minimum atomic E-state index is -4.10. The Hall–Kier alpha value is -4.10. The standard InChI is InChI=1S/C23H23ClN6O6S/c1-13(10-16-15(21(25)31)11-14(24)12-26-16)37(32,33)29-23-28-27-22(19-8-5-9-36-19)30(23)20-17(34-2)6-4-7-18(20)35-3/h4-9,11-13H,10H2,1-3H3,(H2,25,31)(H,28,29)/t13-/m1/s1. The van der Waals surface area contributed by atoms with Crippen molar-refractivity contribution in [1.82, 2.24) is 19.7 Å². The molecule has 0 fully saturated rings. The van der Waals surface area contributed by atoms with Crippen molar-refractivity contribution in [2.24, 2.45) is 5.73 Å². The topological polar surface area (TPSA) is 164 Å². The zero-order chi connectivity index (χ0) is 26.7. The molecule has 14 heteroatoms. The third-order valence-electron chi connectivity index (χ3n) is 5.48. The third kappa shape index (κ3) is 5.22. The molecule has 1 amide bonds. The van der Waals surface area contributed by atoms with Crippen LogP contribution < -0.4 is 19.9 Å². The normalized spacial score (nSPS) is 12.2. The Morgan fingerprint density at radius 1 is 1.19 bits per heavy atom. The maximum absolute atomic E-state index is 13.4.